The van der Waals surface area contributed by atoms with Crippen LogP contribution < -0.4 is 20.4 Å². The van der Waals surface area contributed by atoms with Gasteiger partial charge in [-0.3, -0.25) is 9.59 Å². The molecule has 35 heavy (non-hydrogen) atoms. The van der Waals surface area contributed by atoms with Gasteiger partial charge in [-0.25, -0.2) is 4.98 Å². The van der Waals surface area contributed by atoms with E-state index in [4.69, 9.17) is 0 Å². The molecule has 2 N–H and O–H groups in total. The lowest BCUT2D eigenvalue weighted by atomic mass is 9.91. The van der Waals surface area contributed by atoms with Crippen molar-refractivity contribution < 1.29 is 22.8 Å². The highest BCUT2D eigenvalue weighted by molar-refractivity contribution is 6.01. The van der Waals surface area contributed by atoms with Gasteiger partial charge < -0.3 is 20.4 Å². The molecule has 0 spiro atoms. The van der Waals surface area contributed by atoms with Gasteiger partial charge in [0.05, 0.1) is 17.2 Å². The van der Waals surface area contributed by atoms with E-state index < -0.39 is 23.1 Å². The zero-order chi connectivity index (χ0) is 25.5. The van der Waals surface area contributed by atoms with E-state index in [1.165, 1.54) is 19.3 Å². The number of carbonyl (C=O) groups is 2. The second-order valence-electron chi connectivity index (χ2n) is 9.72. The zero-order valence-corrected chi connectivity index (χ0v) is 20.2. The van der Waals surface area contributed by atoms with Crippen molar-refractivity contribution in [3.05, 3.63) is 35.5 Å². The Morgan fingerprint density at radius 1 is 1.17 bits per heavy atom. The fourth-order valence-electron chi connectivity index (χ4n) is 4.79. The van der Waals surface area contributed by atoms with Crippen molar-refractivity contribution >= 4 is 35.0 Å². The molecule has 1 saturated carbocycles. The molecule has 0 unspecified atom stereocenters. The highest BCUT2D eigenvalue weighted by Crippen LogP contribution is 2.40. The number of fused-ring (bicyclic) bond motifs is 1. The number of benzene rings is 1. The minimum atomic E-state index is -4.64. The van der Waals surface area contributed by atoms with E-state index in [0.29, 0.717) is 18.1 Å². The van der Waals surface area contributed by atoms with Crippen molar-refractivity contribution in [1.29, 1.82) is 0 Å². The van der Waals surface area contributed by atoms with E-state index in [0.717, 1.165) is 37.8 Å². The van der Waals surface area contributed by atoms with Crippen molar-refractivity contribution in [3.63, 3.8) is 0 Å². The van der Waals surface area contributed by atoms with Gasteiger partial charge in [-0.05, 0) is 44.9 Å². The molecule has 1 aromatic carbocycles. The SMILES string of the molecule is CNC(=O)c1cc(Nc2ncc3c(n2)N(C2CCCC2)CC(C)(C)C(=O)N3C)cc(C(F)(F)F)c1. The maximum atomic E-state index is 13.5. The first-order valence-corrected chi connectivity index (χ1v) is 11.5. The molecule has 4 rings (SSSR count). The molecule has 0 saturated heterocycles. The van der Waals surface area contributed by atoms with Gasteiger partial charge in [0.1, 0.15) is 5.69 Å². The first kappa shape index (κ1) is 24.7. The lowest BCUT2D eigenvalue weighted by molar-refractivity contribution is -0.137. The number of halogens is 3. The van der Waals surface area contributed by atoms with Gasteiger partial charge in [-0.1, -0.05) is 12.8 Å². The Balaban J connectivity index is 1.76. The van der Waals surface area contributed by atoms with Gasteiger partial charge in [-0.15, -0.1) is 0 Å². The largest absolute Gasteiger partial charge is 0.416 e. The number of alkyl halides is 3. The van der Waals surface area contributed by atoms with Gasteiger partial charge in [0.25, 0.3) is 5.91 Å². The van der Waals surface area contributed by atoms with Crippen molar-refractivity contribution in [1.82, 2.24) is 15.3 Å². The Hall–Kier alpha value is -3.37. The number of hydrogen-bond acceptors (Lipinski definition) is 6. The lowest BCUT2D eigenvalue weighted by Gasteiger charge is -2.34. The van der Waals surface area contributed by atoms with E-state index in [1.807, 2.05) is 13.8 Å². The lowest BCUT2D eigenvalue weighted by Crippen LogP contribution is -2.45. The molecular formula is C24H29F3N6O2. The standard InChI is InChI=1S/C24H29F3N6O2/c1-23(2)13-33(17-7-5-6-8-17)19-18(32(4)21(23)35)12-29-22(31-19)30-16-10-14(20(34)28-3)9-15(11-16)24(25,26)27/h9-12,17H,5-8,13H2,1-4H3,(H,28,34)(H,29,30,31). The maximum absolute atomic E-state index is 13.5. The summed E-state index contributed by atoms with van der Waals surface area (Å²) in [6.45, 7) is 4.26. The van der Waals surface area contributed by atoms with Crippen LogP contribution in [0.5, 0.6) is 0 Å². The third-order valence-electron chi connectivity index (χ3n) is 6.60. The predicted molar refractivity (Wildman–Crippen MR) is 127 cm³/mol. The molecule has 2 aromatic rings. The van der Waals surface area contributed by atoms with Crippen LogP contribution in [0.25, 0.3) is 0 Å². The molecule has 1 fully saturated rings. The van der Waals surface area contributed by atoms with Crippen LogP contribution >= 0.6 is 0 Å². The molecule has 8 nitrogen and oxygen atoms in total. The van der Waals surface area contributed by atoms with Gasteiger partial charge in [0, 0.05) is 37.9 Å². The molecule has 1 aliphatic heterocycles. The molecule has 1 aromatic heterocycles. The Morgan fingerprint density at radius 3 is 2.49 bits per heavy atom. The Bertz CT molecular complexity index is 1140. The molecule has 1 aliphatic carbocycles. The number of amides is 2. The van der Waals surface area contributed by atoms with Crippen molar-refractivity contribution in [2.24, 2.45) is 5.41 Å². The van der Waals surface area contributed by atoms with Crippen LogP contribution in [0.2, 0.25) is 0 Å². The monoisotopic (exact) mass is 490 g/mol. The van der Waals surface area contributed by atoms with Crippen LogP contribution in [-0.2, 0) is 11.0 Å². The molecule has 0 bridgehead atoms. The normalized spacial score (nSPS) is 18.3. The Morgan fingerprint density at radius 2 is 1.86 bits per heavy atom. The quantitative estimate of drug-likeness (QED) is 0.662. The Kier molecular flexibility index (Phi) is 6.37. The molecule has 2 aliphatic rings. The van der Waals surface area contributed by atoms with E-state index in [1.54, 1.807) is 11.9 Å². The van der Waals surface area contributed by atoms with Crippen molar-refractivity contribution in [2.75, 3.05) is 35.8 Å². The summed E-state index contributed by atoms with van der Waals surface area (Å²) in [5.41, 5.74) is -1.18. The second-order valence-corrected chi connectivity index (χ2v) is 9.72. The first-order valence-electron chi connectivity index (χ1n) is 11.5. The summed E-state index contributed by atoms with van der Waals surface area (Å²) in [6.07, 6.45) is 1.00. The van der Waals surface area contributed by atoms with Gasteiger partial charge in [0.2, 0.25) is 11.9 Å². The van der Waals surface area contributed by atoms with E-state index in [9.17, 15) is 22.8 Å². The number of nitrogens with one attached hydrogen (secondary N) is 2. The molecular weight excluding hydrogens is 461 g/mol. The van der Waals surface area contributed by atoms with Gasteiger partial charge in [-0.2, -0.15) is 18.2 Å². The van der Waals surface area contributed by atoms with Crippen LogP contribution in [0.15, 0.2) is 24.4 Å². The van der Waals surface area contributed by atoms with E-state index >= 15 is 0 Å². The van der Waals surface area contributed by atoms with Crippen LogP contribution in [0.3, 0.4) is 0 Å². The number of anilines is 4. The second kappa shape index (κ2) is 9.01. The third kappa shape index (κ3) is 4.89. The summed E-state index contributed by atoms with van der Waals surface area (Å²) in [6, 6.07) is 3.24. The van der Waals surface area contributed by atoms with Crippen molar-refractivity contribution in [3.8, 4) is 0 Å². The topological polar surface area (TPSA) is 90.5 Å². The number of rotatable bonds is 4. The maximum Gasteiger partial charge on any atom is 0.416 e. The summed E-state index contributed by atoms with van der Waals surface area (Å²) >= 11 is 0. The van der Waals surface area contributed by atoms with Crippen LogP contribution in [0.1, 0.15) is 55.5 Å². The molecule has 0 radical (unpaired) electrons. The molecule has 2 heterocycles. The van der Waals surface area contributed by atoms with Crippen molar-refractivity contribution in [2.45, 2.75) is 51.7 Å². The minimum Gasteiger partial charge on any atom is -0.355 e. The van der Waals surface area contributed by atoms with Crippen LogP contribution in [0, 0.1) is 5.41 Å². The number of nitrogens with zero attached hydrogens (tertiary/aromatic N) is 4. The summed E-state index contributed by atoms with van der Waals surface area (Å²) in [4.78, 5) is 37.8. The van der Waals surface area contributed by atoms with Gasteiger partial charge in [0.15, 0.2) is 5.82 Å². The Labute approximate surface area is 201 Å². The molecule has 188 valence electrons. The summed E-state index contributed by atoms with van der Waals surface area (Å²) < 4.78 is 40.4. The summed E-state index contributed by atoms with van der Waals surface area (Å²) in [5, 5.41) is 5.18. The molecule has 11 heteroatoms. The fourth-order valence-corrected chi connectivity index (χ4v) is 4.79. The molecule has 2 amide bonds. The average Bonchev–Trinajstić information content (AvgIpc) is 3.33. The number of carbonyl (C=O) groups excluding carboxylic acids is 2. The summed E-state index contributed by atoms with van der Waals surface area (Å²) in [5.74, 6) is -0.0581. The summed E-state index contributed by atoms with van der Waals surface area (Å²) in [7, 11) is 3.03. The van der Waals surface area contributed by atoms with Gasteiger partial charge >= 0.3 is 6.18 Å². The zero-order valence-electron chi connectivity index (χ0n) is 20.2. The van der Waals surface area contributed by atoms with E-state index in [-0.39, 0.29) is 29.1 Å². The number of hydrogen-bond donors (Lipinski definition) is 2. The molecule has 0 atom stereocenters. The van der Waals surface area contributed by atoms with Crippen LogP contribution in [-0.4, -0.2) is 48.5 Å². The number of aromatic nitrogens is 2. The highest BCUT2D eigenvalue weighted by atomic mass is 19.4. The van der Waals surface area contributed by atoms with Crippen LogP contribution in [0.4, 0.5) is 36.3 Å². The first-order chi connectivity index (χ1) is 16.4. The third-order valence-corrected chi connectivity index (χ3v) is 6.60. The fraction of sp³-hybridized carbons (Fsp3) is 0.500. The van der Waals surface area contributed by atoms with E-state index in [2.05, 4.69) is 25.5 Å². The minimum absolute atomic E-state index is 0.0316. The highest BCUT2D eigenvalue weighted by Gasteiger charge is 2.41. The predicted octanol–water partition coefficient (Wildman–Crippen LogP) is 4.35. The smallest absolute Gasteiger partial charge is 0.355 e. The average molecular weight is 491 g/mol.